The number of benzene rings is 1. The molecule has 96 valence electrons. The lowest BCUT2D eigenvalue weighted by Gasteiger charge is -2.09. The van der Waals surface area contributed by atoms with Crippen molar-refractivity contribution in [1.29, 1.82) is 0 Å². The van der Waals surface area contributed by atoms with Crippen LogP contribution in [0.3, 0.4) is 0 Å². The van der Waals surface area contributed by atoms with Crippen molar-refractivity contribution >= 4 is 17.0 Å². The number of aromatic amines is 1. The normalized spacial score (nSPS) is 10.3. The number of terminal acetylenes is 1. The number of hydrogen-bond acceptors (Lipinski definition) is 2. The van der Waals surface area contributed by atoms with E-state index in [9.17, 15) is 9.90 Å². The van der Waals surface area contributed by atoms with Crippen molar-refractivity contribution in [3.63, 3.8) is 0 Å². The molecular weight excluding hydrogens is 252 g/mol. The zero-order valence-electron chi connectivity index (χ0n) is 10.4. The highest BCUT2D eigenvalue weighted by Gasteiger charge is 2.15. The van der Waals surface area contributed by atoms with E-state index in [1.54, 1.807) is 30.6 Å². The van der Waals surface area contributed by atoms with Crippen LogP contribution in [0.4, 0.5) is 0 Å². The minimum Gasteiger partial charge on any atom is -0.478 e. The molecule has 0 atom stereocenters. The van der Waals surface area contributed by atoms with Gasteiger partial charge < -0.3 is 10.1 Å². The number of nitrogens with zero attached hydrogens (tertiary/aromatic N) is 1. The highest BCUT2D eigenvalue weighted by Crippen LogP contribution is 2.29. The number of carboxylic acid groups (broad SMARTS) is 1. The third kappa shape index (κ3) is 1.82. The number of H-pyrrole nitrogens is 1. The molecule has 4 nitrogen and oxygen atoms in total. The van der Waals surface area contributed by atoms with Crippen molar-refractivity contribution in [2.75, 3.05) is 0 Å². The zero-order chi connectivity index (χ0) is 14.1. The van der Waals surface area contributed by atoms with Crippen molar-refractivity contribution in [1.82, 2.24) is 9.97 Å². The van der Waals surface area contributed by atoms with Crippen molar-refractivity contribution in [2.45, 2.75) is 0 Å². The molecular formula is C16H10N2O2. The standard InChI is InChI=1S/C16H10N2O2/c1-2-10-4-3-5-13(16(19)20)14(10)12-8-11-6-7-17-15(11)18-9-12/h1,3-9H,(H,17,18)(H,19,20). The van der Waals surface area contributed by atoms with Crippen LogP contribution in [0.5, 0.6) is 0 Å². The van der Waals surface area contributed by atoms with Gasteiger partial charge in [-0.2, -0.15) is 0 Å². The fraction of sp³-hybridized carbons (Fsp3) is 0. The van der Waals surface area contributed by atoms with Crippen LogP contribution in [-0.4, -0.2) is 21.0 Å². The quantitative estimate of drug-likeness (QED) is 0.698. The maximum Gasteiger partial charge on any atom is 0.336 e. The Morgan fingerprint density at radius 3 is 2.95 bits per heavy atom. The molecule has 4 heteroatoms. The van der Waals surface area contributed by atoms with Gasteiger partial charge in [-0.15, -0.1) is 6.42 Å². The molecule has 0 aliphatic rings. The van der Waals surface area contributed by atoms with Gasteiger partial charge in [0.15, 0.2) is 0 Å². The second-order valence-corrected chi connectivity index (χ2v) is 4.32. The van der Waals surface area contributed by atoms with E-state index in [4.69, 9.17) is 6.42 Å². The first kappa shape index (κ1) is 12.0. The number of nitrogens with one attached hydrogen (secondary N) is 1. The number of carboxylic acids is 1. The molecule has 3 rings (SSSR count). The summed E-state index contributed by atoms with van der Waals surface area (Å²) in [4.78, 5) is 18.7. The van der Waals surface area contributed by atoms with Gasteiger partial charge >= 0.3 is 5.97 Å². The van der Waals surface area contributed by atoms with Crippen LogP contribution in [0.25, 0.3) is 22.2 Å². The first-order valence-corrected chi connectivity index (χ1v) is 5.97. The Bertz CT molecular complexity index is 856. The highest BCUT2D eigenvalue weighted by atomic mass is 16.4. The average Bonchev–Trinajstić information content (AvgIpc) is 2.93. The maximum absolute atomic E-state index is 11.4. The first-order valence-electron chi connectivity index (χ1n) is 5.97. The van der Waals surface area contributed by atoms with Crippen LogP contribution in [-0.2, 0) is 0 Å². The average molecular weight is 262 g/mol. The van der Waals surface area contributed by atoms with E-state index in [2.05, 4.69) is 15.9 Å². The summed E-state index contributed by atoms with van der Waals surface area (Å²) < 4.78 is 0. The topological polar surface area (TPSA) is 66.0 Å². The number of hydrogen-bond donors (Lipinski definition) is 2. The largest absolute Gasteiger partial charge is 0.478 e. The molecule has 3 aromatic rings. The van der Waals surface area contributed by atoms with Crippen LogP contribution in [0.1, 0.15) is 15.9 Å². The van der Waals surface area contributed by atoms with Crippen LogP contribution in [0.2, 0.25) is 0 Å². The molecule has 0 radical (unpaired) electrons. The Kier molecular flexibility index (Phi) is 2.73. The number of carbonyl (C=O) groups is 1. The van der Waals surface area contributed by atoms with Gasteiger partial charge in [-0.1, -0.05) is 12.0 Å². The SMILES string of the molecule is C#Cc1cccc(C(=O)O)c1-c1cnc2[nH]ccc2c1. The lowest BCUT2D eigenvalue weighted by molar-refractivity contribution is 0.0697. The molecule has 0 saturated heterocycles. The Morgan fingerprint density at radius 1 is 1.35 bits per heavy atom. The Morgan fingerprint density at radius 2 is 2.20 bits per heavy atom. The van der Waals surface area contributed by atoms with Gasteiger partial charge in [0, 0.05) is 34.5 Å². The van der Waals surface area contributed by atoms with Gasteiger partial charge in [-0.25, -0.2) is 9.78 Å². The van der Waals surface area contributed by atoms with Crippen molar-refractivity contribution in [3.05, 3.63) is 53.9 Å². The van der Waals surface area contributed by atoms with Crippen molar-refractivity contribution < 1.29 is 9.90 Å². The third-order valence-electron chi connectivity index (χ3n) is 3.14. The van der Waals surface area contributed by atoms with Crippen LogP contribution >= 0.6 is 0 Å². The molecule has 0 saturated carbocycles. The monoisotopic (exact) mass is 262 g/mol. The number of fused-ring (bicyclic) bond motifs is 1. The van der Waals surface area contributed by atoms with Gasteiger partial charge in [-0.05, 0) is 24.3 Å². The summed E-state index contributed by atoms with van der Waals surface area (Å²) >= 11 is 0. The first-order chi connectivity index (χ1) is 9.70. The molecule has 0 unspecified atom stereocenters. The number of pyridine rings is 1. The van der Waals surface area contributed by atoms with Crippen molar-refractivity contribution in [2.24, 2.45) is 0 Å². The smallest absolute Gasteiger partial charge is 0.336 e. The van der Waals surface area contributed by atoms with E-state index in [1.165, 1.54) is 0 Å². The summed E-state index contributed by atoms with van der Waals surface area (Å²) in [5.41, 5.74) is 2.70. The van der Waals surface area contributed by atoms with Gasteiger partial charge in [0.1, 0.15) is 5.65 Å². The lowest BCUT2D eigenvalue weighted by Crippen LogP contribution is -2.01. The van der Waals surface area contributed by atoms with E-state index in [0.29, 0.717) is 16.7 Å². The van der Waals surface area contributed by atoms with E-state index in [0.717, 1.165) is 11.0 Å². The minimum absolute atomic E-state index is 0.178. The predicted octanol–water partition coefficient (Wildman–Crippen LogP) is 2.91. The molecule has 0 spiro atoms. The molecule has 0 fully saturated rings. The van der Waals surface area contributed by atoms with Gasteiger partial charge in [0.05, 0.1) is 5.56 Å². The highest BCUT2D eigenvalue weighted by molar-refractivity contribution is 5.98. The summed E-state index contributed by atoms with van der Waals surface area (Å²) in [5, 5.41) is 10.2. The van der Waals surface area contributed by atoms with E-state index in [1.807, 2.05) is 12.1 Å². The van der Waals surface area contributed by atoms with Gasteiger partial charge in [0.2, 0.25) is 0 Å². The van der Waals surface area contributed by atoms with E-state index >= 15 is 0 Å². The number of aromatic carboxylic acids is 1. The summed E-state index contributed by atoms with van der Waals surface area (Å²) in [6, 6.07) is 8.67. The van der Waals surface area contributed by atoms with E-state index in [-0.39, 0.29) is 5.56 Å². The molecule has 2 aromatic heterocycles. The molecule has 20 heavy (non-hydrogen) atoms. The molecule has 0 amide bonds. The molecule has 2 heterocycles. The summed E-state index contributed by atoms with van der Waals surface area (Å²) in [6.45, 7) is 0. The zero-order valence-corrected chi connectivity index (χ0v) is 10.4. The molecule has 0 bridgehead atoms. The molecule has 1 aromatic carbocycles. The number of rotatable bonds is 2. The van der Waals surface area contributed by atoms with Crippen molar-refractivity contribution in [3.8, 4) is 23.5 Å². The molecule has 0 aliphatic heterocycles. The van der Waals surface area contributed by atoms with Crippen LogP contribution < -0.4 is 0 Å². The Labute approximate surface area is 115 Å². The summed E-state index contributed by atoms with van der Waals surface area (Å²) in [5.74, 6) is 1.52. The predicted molar refractivity (Wildman–Crippen MR) is 76.4 cm³/mol. The second-order valence-electron chi connectivity index (χ2n) is 4.32. The molecule has 0 aliphatic carbocycles. The Hall–Kier alpha value is -3.06. The molecule has 2 N–H and O–H groups in total. The summed E-state index contributed by atoms with van der Waals surface area (Å²) in [7, 11) is 0. The number of aromatic nitrogens is 2. The lowest BCUT2D eigenvalue weighted by atomic mass is 9.95. The summed E-state index contributed by atoms with van der Waals surface area (Å²) in [6.07, 6.45) is 8.89. The Balaban J connectivity index is 2.32. The van der Waals surface area contributed by atoms with Crippen LogP contribution in [0.15, 0.2) is 42.7 Å². The second kappa shape index (κ2) is 4.56. The fourth-order valence-corrected chi connectivity index (χ4v) is 2.24. The van der Waals surface area contributed by atoms with E-state index < -0.39 is 5.97 Å². The van der Waals surface area contributed by atoms with Crippen LogP contribution in [0, 0.1) is 12.3 Å². The maximum atomic E-state index is 11.4. The third-order valence-corrected chi connectivity index (χ3v) is 3.14. The fourth-order valence-electron chi connectivity index (χ4n) is 2.24. The van der Waals surface area contributed by atoms with Gasteiger partial charge in [0.25, 0.3) is 0 Å². The van der Waals surface area contributed by atoms with Gasteiger partial charge in [-0.3, -0.25) is 0 Å². The minimum atomic E-state index is -1.01.